The molecule has 0 bridgehead atoms. The lowest BCUT2D eigenvalue weighted by atomic mass is 10.1. The van der Waals surface area contributed by atoms with Gasteiger partial charge in [-0.3, -0.25) is 0 Å². The second-order valence-corrected chi connectivity index (χ2v) is 6.91. The van der Waals surface area contributed by atoms with Crippen molar-refractivity contribution in [2.75, 3.05) is 11.5 Å². The Balaban J connectivity index is 1.64. The van der Waals surface area contributed by atoms with Gasteiger partial charge in [0.2, 0.25) is 5.89 Å². The Morgan fingerprint density at radius 2 is 2.25 bits per heavy atom. The summed E-state index contributed by atoms with van der Waals surface area (Å²) in [5.74, 6) is 3.54. The molecule has 0 saturated carbocycles. The van der Waals surface area contributed by atoms with Crippen LogP contribution in [0.2, 0.25) is 0 Å². The van der Waals surface area contributed by atoms with Gasteiger partial charge in [-0.1, -0.05) is 23.4 Å². The van der Waals surface area contributed by atoms with Crippen molar-refractivity contribution < 1.29 is 9.63 Å². The monoisotopic (exact) mass is 308 g/mol. The van der Waals surface area contributed by atoms with Gasteiger partial charge >= 0.3 is 0 Å². The smallest absolute Gasteiger partial charge is 0.233 e. The molecule has 1 fully saturated rings. The van der Waals surface area contributed by atoms with E-state index < -0.39 is 0 Å². The lowest BCUT2D eigenvalue weighted by Gasteiger charge is -2.06. The minimum Gasteiger partial charge on any atom is -0.391 e. The first-order valence-corrected chi connectivity index (χ1v) is 8.65. The topological polar surface area (TPSA) is 59.2 Å². The van der Waals surface area contributed by atoms with Gasteiger partial charge < -0.3 is 9.63 Å². The number of aliphatic hydroxyl groups excluding tert-OH is 1. The van der Waals surface area contributed by atoms with E-state index in [2.05, 4.69) is 29.2 Å². The van der Waals surface area contributed by atoms with Crippen LogP contribution in [0.4, 0.5) is 0 Å². The highest BCUT2D eigenvalue weighted by Gasteiger charge is 2.31. The molecular weight excluding hydrogens is 292 g/mol. The Hall–Kier alpha value is -0.980. The summed E-state index contributed by atoms with van der Waals surface area (Å²) in [6.07, 6.45) is -0.364. The van der Waals surface area contributed by atoms with Crippen LogP contribution in [0.15, 0.2) is 33.7 Å². The summed E-state index contributed by atoms with van der Waals surface area (Å²) in [6, 6.07) is 8.25. The summed E-state index contributed by atoms with van der Waals surface area (Å²) >= 11 is 3.43. The minimum atomic E-state index is -0.364. The second-order valence-electron chi connectivity index (χ2n) is 4.81. The molecule has 106 valence electrons. The van der Waals surface area contributed by atoms with Crippen LogP contribution in [0, 0.1) is 6.92 Å². The highest BCUT2D eigenvalue weighted by Crippen LogP contribution is 2.32. The number of aromatic nitrogens is 2. The van der Waals surface area contributed by atoms with Crippen LogP contribution in [0.5, 0.6) is 0 Å². The van der Waals surface area contributed by atoms with E-state index in [1.807, 2.05) is 12.1 Å². The fourth-order valence-corrected chi connectivity index (χ4v) is 4.22. The summed E-state index contributed by atoms with van der Waals surface area (Å²) in [4.78, 5) is 5.65. The van der Waals surface area contributed by atoms with Gasteiger partial charge in [-0.05, 0) is 18.6 Å². The van der Waals surface area contributed by atoms with Gasteiger partial charge in [-0.2, -0.15) is 16.7 Å². The number of rotatable bonds is 4. The summed E-state index contributed by atoms with van der Waals surface area (Å²) in [6.45, 7) is 2.09. The zero-order valence-corrected chi connectivity index (χ0v) is 12.8. The van der Waals surface area contributed by atoms with E-state index >= 15 is 0 Å². The molecule has 4 nitrogen and oxygen atoms in total. The van der Waals surface area contributed by atoms with Gasteiger partial charge in [-0.15, -0.1) is 11.8 Å². The molecule has 2 atom stereocenters. The molecule has 2 unspecified atom stereocenters. The second kappa shape index (κ2) is 6.20. The Bertz CT molecular complexity index is 588. The molecule has 1 aliphatic rings. The maximum absolute atomic E-state index is 9.84. The predicted octanol–water partition coefficient (Wildman–Crippen LogP) is 2.86. The van der Waals surface area contributed by atoms with Gasteiger partial charge in [-0.25, -0.2) is 0 Å². The van der Waals surface area contributed by atoms with Crippen molar-refractivity contribution >= 4 is 23.5 Å². The van der Waals surface area contributed by atoms with E-state index in [1.165, 1.54) is 10.5 Å². The Labute approximate surface area is 126 Å². The first-order chi connectivity index (χ1) is 9.74. The first-order valence-electron chi connectivity index (χ1n) is 6.51. The van der Waals surface area contributed by atoms with E-state index in [1.54, 1.807) is 23.5 Å². The summed E-state index contributed by atoms with van der Waals surface area (Å²) in [7, 11) is 0. The third kappa shape index (κ3) is 3.02. The highest BCUT2D eigenvalue weighted by molar-refractivity contribution is 7.99. The molecule has 1 aromatic heterocycles. The molecule has 2 aromatic rings. The van der Waals surface area contributed by atoms with E-state index in [0.29, 0.717) is 17.5 Å². The van der Waals surface area contributed by atoms with Crippen molar-refractivity contribution in [1.82, 2.24) is 10.1 Å². The van der Waals surface area contributed by atoms with Crippen molar-refractivity contribution in [3.8, 4) is 0 Å². The van der Waals surface area contributed by atoms with Crippen molar-refractivity contribution in [3.05, 3.63) is 41.5 Å². The molecule has 0 radical (unpaired) electrons. The predicted molar refractivity (Wildman–Crippen MR) is 81.1 cm³/mol. The Morgan fingerprint density at radius 3 is 3.00 bits per heavy atom. The van der Waals surface area contributed by atoms with Crippen molar-refractivity contribution in [1.29, 1.82) is 0 Å². The van der Waals surface area contributed by atoms with Crippen LogP contribution < -0.4 is 0 Å². The molecular formula is C14H16N2O2S2. The molecule has 6 heteroatoms. The van der Waals surface area contributed by atoms with Crippen LogP contribution in [0.25, 0.3) is 0 Å². The van der Waals surface area contributed by atoms with Gasteiger partial charge in [0, 0.05) is 16.4 Å². The molecule has 20 heavy (non-hydrogen) atoms. The maximum Gasteiger partial charge on any atom is 0.233 e. The molecule has 0 aliphatic carbocycles. The SMILES string of the molecule is Cc1ccccc1SCc1noc(C2CSCC2O)n1. The molecule has 0 spiro atoms. The summed E-state index contributed by atoms with van der Waals surface area (Å²) < 4.78 is 5.29. The zero-order valence-electron chi connectivity index (χ0n) is 11.2. The van der Waals surface area contributed by atoms with Gasteiger partial charge in [0.25, 0.3) is 0 Å². The van der Waals surface area contributed by atoms with Gasteiger partial charge in [0.1, 0.15) is 0 Å². The van der Waals surface area contributed by atoms with Crippen LogP contribution in [-0.2, 0) is 5.75 Å². The lowest BCUT2D eigenvalue weighted by Crippen LogP contribution is -2.15. The van der Waals surface area contributed by atoms with Gasteiger partial charge in [0.05, 0.1) is 17.8 Å². The number of aliphatic hydroxyl groups is 1. The largest absolute Gasteiger partial charge is 0.391 e. The fourth-order valence-electron chi connectivity index (χ4n) is 2.12. The third-order valence-electron chi connectivity index (χ3n) is 3.30. The number of hydrogen-bond acceptors (Lipinski definition) is 6. The van der Waals surface area contributed by atoms with Crippen LogP contribution in [0.1, 0.15) is 23.2 Å². The molecule has 1 N–H and O–H groups in total. The number of hydrogen-bond donors (Lipinski definition) is 1. The highest BCUT2D eigenvalue weighted by atomic mass is 32.2. The molecule has 1 aromatic carbocycles. The number of aryl methyl sites for hydroxylation is 1. The molecule has 0 amide bonds. The fraction of sp³-hybridized carbons (Fsp3) is 0.429. The molecule has 3 rings (SSSR count). The van der Waals surface area contributed by atoms with Crippen LogP contribution >= 0.6 is 23.5 Å². The summed E-state index contributed by atoms with van der Waals surface area (Å²) in [5.41, 5.74) is 1.25. The Morgan fingerprint density at radius 1 is 1.40 bits per heavy atom. The maximum atomic E-state index is 9.84. The Kier molecular flexibility index (Phi) is 4.33. The van der Waals surface area contributed by atoms with Gasteiger partial charge in [0.15, 0.2) is 5.82 Å². The standard InChI is InChI=1S/C14H16N2O2S2/c1-9-4-2-3-5-12(9)20-8-13-15-14(18-16-13)10-6-19-7-11(10)17/h2-5,10-11,17H,6-8H2,1H3. The summed E-state index contributed by atoms with van der Waals surface area (Å²) in [5, 5.41) is 13.9. The third-order valence-corrected chi connectivity index (χ3v) is 5.65. The zero-order chi connectivity index (χ0) is 13.9. The van der Waals surface area contributed by atoms with E-state index in [4.69, 9.17) is 4.52 Å². The van der Waals surface area contributed by atoms with E-state index in [-0.39, 0.29) is 12.0 Å². The van der Waals surface area contributed by atoms with E-state index in [9.17, 15) is 5.11 Å². The van der Waals surface area contributed by atoms with Crippen LogP contribution in [0.3, 0.4) is 0 Å². The average Bonchev–Trinajstić information content (AvgIpc) is 3.06. The van der Waals surface area contributed by atoms with Crippen molar-refractivity contribution in [2.24, 2.45) is 0 Å². The molecule has 2 heterocycles. The quantitative estimate of drug-likeness (QED) is 0.877. The molecule has 1 aliphatic heterocycles. The minimum absolute atomic E-state index is 0.00953. The molecule has 1 saturated heterocycles. The average molecular weight is 308 g/mol. The first kappa shape index (κ1) is 14.0. The number of thioether (sulfide) groups is 2. The van der Waals surface area contributed by atoms with Crippen molar-refractivity contribution in [2.45, 2.75) is 29.6 Å². The lowest BCUT2D eigenvalue weighted by molar-refractivity contribution is 0.164. The normalized spacial score (nSPS) is 22.3. The van der Waals surface area contributed by atoms with E-state index in [0.717, 1.165) is 11.5 Å². The van der Waals surface area contributed by atoms with Crippen molar-refractivity contribution in [3.63, 3.8) is 0 Å². The number of nitrogens with zero attached hydrogens (tertiary/aromatic N) is 2. The number of benzene rings is 1. The van der Waals surface area contributed by atoms with Crippen LogP contribution in [-0.4, -0.2) is 32.9 Å².